The summed E-state index contributed by atoms with van der Waals surface area (Å²) in [5.74, 6) is -1.75. The molecule has 0 aromatic heterocycles. The van der Waals surface area contributed by atoms with E-state index in [1.807, 2.05) is 26.0 Å². The molecule has 2 aliphatic heterocycles. The molecule has 0 spiro atoms. The fraction of sp³-hybridized carbons (Fsp3) is 0.429. The number of esters is 2. The van der Waals surface area contributed by atoms with Crippen LogP contribution in [-0.4, -0.2) is 50.7 Å². The van der Waals surface area contributed by atoms with Gasteiger partial charge in [-0.2, -0.15) is 10.5 Å². The van der Waals surface area contributed by atoms with Crippen LogP contribution in [0, 0.1) is 22.7 Å². The van der Waals surface area contributed by atoms with Crippen molar-refractivity contribution in [2.24, 2.45) is 0 Å². The summed E-state index contributed by atoms with van der Waals surface area (Å²) < 4.78 is 32.3. The molecule has 2 aliphatic rings. The van der Waals surface area contributed by atoms with Gasteiger partial charge in [0.1, 0.15) is 12.1 Å². The van der Waals surface area contributed by atoms with Gasteiger partial charge in [0.15, 0.2) is 22.6 Å². The summed E-state index contributed by atoms with van der Waals surface area (Å²) in [6.07, 6.45) is 0.717. The quantitative estimate of drug-likeness (QED) is 0.0536. The highest BCUT2D eigenvalue weighted by atomic mass is 32.2. The van der Waals surface area contributed by atoms with E-state index >= 15 is 0 Å². The van der Waals surface area contributed by atoms with Crippen molar-refractivity contribution in [1.82, 2.24) is 0 Å². The number of hydrogen-bond acceptors (Lipinski definition) is 16. The molecule has 0 bridgehead atoms. The number of benzene rings is 1. The molecule has 0 saturated carbocycles. The molecule has 12 nitrogen and oxygen atoms in total. The maximum Gasteiger partial charge on any atom is 0.513 e. The first kappa shape index (κ1) is 35.0. The first-order chi connectivity index (χ1) is 21.2. The summed E-state index contributed by atoms with van der Waals surface area (Å²) in [6, 6.07) is 3.71. The van der Waals surface area contributed by atoms with Crippen molar-refractivity contribution in [3.63, 3.8) is 0 Å². The number of thioether (sulfide) groups is 4. The van der Waals surface area contributed by atoms with Crippen LogP contribution in [0.15, 0.2) is 39.2 Å². The average molecular weight is 681 g/mol. The Kier molecular flexibility index (Phi) is 13.7. The smallest absolute Gasteiger partial charge is 0.462 e. The molecule has 0 N–H and O–H groups in total. The predicted molar refractivity (Wildman–Crippen MR) is 162 cm³/mol. The Morgan fingerprint density at radius 3 is 1.20 bits per heavy atom. The van der Waals surface area contributed by atoms with Gasteiger partial charge < -0.3 is 28.4 Å². The molecule has 2 heterocycles. The van der Waals surface area contributed by atoms with Crippen LogP contribution in [0.25, 0.3) is 0 Å². The van der Waals surface area contributed by atoms with E-state index in [9.17, 15) is 29.7 Å². The molecule has 0 unspecified atom stereocenters. The lowest BCUT2D eigenvalue weighted by Crippen LogP contribution is -2.14. The molecule has 16 heteroatoms. The zero-order valence-electron chi connectivity index (χ0n) is 24.3. The van der Waals surface area contributed by atoms with Gasteiger partial charge in [-0.05, 0) is 26.7 Å². The fourth-order valence-corrected chi connectivity index (χ4v) is 8.69. The van der Waals surface area contributed by atoms with Gasteiger partial charge in [-0.3, -0.25) is 0 Å². The number of unbranched alkanes of at least 4 members (excludes halogenated alkanes) is 2. The number of nitrogens with zero attached hydrogens (tertiary/aromatic N) is 2. The minimum absolute atomic E-state index is 0.0227. The lowest BCUT2D eigenvalue weighted by atomic mass is 10.3. The molecular weight excluding hydrogens is 653 g/mol. The van der Waals surface area contributed by atoms with E-state index in [1.165, 1.54) is 0 Å². The van der Waals surface area contributed by atoms with Crippen molar-refractivity contribution in [3.8, 4) is 23.6 Å². The molecule has 0 radical (unpaired) electrons. The highest BCUT2D eigenvalue weighted by Crippen LogP contribution is 2.68. The first-order valence-corrected chi connectivity index (χ1v) is 16.8. The largest absolute Gasteiger partial charge is 0.513 e. The van der Waals surface area contributed by atoms with Gasteiger partial charge in [0.2, 0.25) is 0 Å². The van der Waals surface area contributed by atoms with Gasteiger partial charge in [0, 0.05) is 0 Å². The number of carbonyl (C=O) groups is 4. The van der Waals surface area contributed by atoms with E-state index in [4.69, 9.17) is 28.4 Å². The maximum atomic E-state index is 12.8. The Balaban J connectivity index is 2.23. The second-order valence-electron chi connectivity index (χ2n) is 8.48. The zero-order chi connectivity index (χ0) is 32.2. The summed E-state index contributed by atoms with van der Waals surface area (Å²) in [7, 11) is 0. The zero-order valence-corrected chi connectivity index (χ0v) is 27.5. The van der Waals surface area contributed by atoms with Gasteiger partial charge in [0.05, 0.1) is 54.5 Å². The number of nitriles is 2. The molecule has 1 aromatic rings. The van der Waals surface area contributed by atoms with Gasteiger partial charge in [-0.15, -0.1) is 0 Å². The van der Waals surface area contributed by atoms with Crippen molar-refractivity contribution in [1.29, 1.82) is 10.5 Å². The van der Waals surface area contributed by atoms with Crippen molar-refractivity contribution < 1.29 is 47.6 Å². The van der Waals surface area contributed by atoms with Gasteiger partial charge in [-0.1, -0.05) is 73.7 Å². The molecule has 3 rings (SSSR count). The molecule has 0 amide bonds. The van der Waals surface area contributed by atoms with Crippen LogP contribution in [0.1, 0.15) is 53.4 Å². The number of hydrogen-bond donors (Lipinski definition) is 0. The van der Waals surface area contributed by atoms with Crippen LogP contribution in [0.2, 0.25) is 0 Å². The first-order valence-electron chi connectivity index (χ1n) is 13.5. The number of fused-ring (bicyclic) bond motifs is 2. The fourth-order valence-electron chi connectivity index (χ4n) is 3.37. The lowest BCUT2D eigenvalue weighted by molar-refractivity contribution is -0.138. The molecule has 0 aliphatic carbocycles. The SMILES string of the molecule is CCCCOC(=O)Oc1c2c(c(OC(=O)OCCCC)c3c1SC(=C(C#N)C(=O)OCC)S3)SC(=C(C#N)C(=O)OCC)S2. The van der Waals surface area contributed by atoms with Crippen LogP contribution in [0.3, 0.4) is 0 Å². The Labute approximate surface area is 271 Å². The monoisotopic (exact) mass is 680 g/mol. The third kappa shape index (κ3) is 8.38. The van der Waals surface area contributed by atoms with Gasteiger partial charge >= 0.3 is 24.2 Å². The third-order valence-corrected chi connectivity index (χ3v) is 10.6. The Morgan fingerprint density at radius 2 is 0.932 bits per heavy atom. The molecular formula is C28H28N2O10S4. The summed E-state index contributed by atoms with van der Waals surface area (Å²) in [5, 5.41) is 19.6. The van der Waals surface area contributed by atoms with Crippen LogP contribution < -0.4 is 9.47 Å². The van der Waals surface area contributed by atoms with Crippen molar-refractivity contribution in [2.45, 2.75) is 73.0 Å². The highest BCUT2D eigenvalue weighted by molar-refractivity contribution is 8.26. The van der Waals surface area contributed by atoms with E-state index < -0.39 is 24.2 Å². The molecule has 44 heavy (non-hydrogen) atoms. The van der Waals surface area contributed by atoms with E-state index in [-0.39, 0.29) is 77.1 Å². The summed E-state index contributed by atoms with van der Waals surface area (Å²) in [4.78, 5) is 51.7. The average Bonchev–Trinajstić information content (AvgIpc) is 3.62. The second-order valence-corrected chi connectivity index (χ2v) is 13.1. The summed E-state index contributed by atoms with van der Waals surface area (Å²) >= 11 is 3.75. The number of carbonyl (C=O) groups excluding carboxylic acids is 4. The van der Waals surface area contributed by atoms with Crippen LogP contribution in [-0.2, 0) is 28.5 Å². The summed E-state index contributed by atoms with van der Waals surface area (Å²) in [5.41, 5.74) is -0.581. The van der Waals surface area contributed by atoms with Crippen molar-refractivity contribution in [3.05, 3.63) is 19.6 Å². The topological polar surface area (TPSA) is 171 Å². The highest BCUT2D eigenvalue weighted by Gasteiger charge is 2.41. The maximum absolute atomic E-state index is 12.8. The Hall–Kier alpha value is -3.44. The van der Waals surface area contributed by atoms with Crippen molar-refractivity contribution >= 4 is 71.3 Å². The molecule has 0 saturated heterocycles. The predicted octanol–water partition coefficient (Wildman–Crippen LogP) is 7.31. The van der Waals surface area contributed by atoms with Crippen molar-refractivity contribution in [2.75, 3.05) is 26.4 Å². The van der Waals surface area contributed by atoms with E-state index in [1.54, 1.807) is 13.8 Å². The number of rotatable bonds is 12. The second kappa shape index (κ2) is 17.2. The molecule has 0 atom stereocenters. The normalized spacial score (nSPS) is 12.7. The number of ether oxygens (including phenoxy) is 6. The lowest BCUT2D eigenvalue weighted by Gasteiger charge is -2.16. The molecule has 1 aromatic carbocycles. The minimum Gasteiger partial charge on any atom is -0.462 e. The van der Waals surface area contributed by atoms with Crippen LogP contribution >= 0.6 is 47.0 Å². The third-order valence-electron chi connectivity index (χ3n) is 5.41. The van der Waals surface area contributed by atoms with Crippen LogP contribution in [0.4, 0.5) is 9.59 Å². The standard InChI is InChI=1S/C28H28N2O10S4/c1-5-9-11-37-27(33)39-17-19-21(43-25(41-19)15(13-29)23(31)35-7-3)18(40-28(34)38-12-10-6-2)22-20(17)42-26(44-22)16(14-30)24(32)36-8-4/h5-12H2,1-4H3. The van der Waals surface area contributed by atoms with E-state index in [0.717, 1.165) is 59.9 Å². The van der Waals surface area contributed by atoms with E-state index in [2.05, 4.69) is 0 Å². The minimum atomic E-state index is -1.02. The Bertz CT molecular complexity index is 1330. The molecule has 234 valence electrons. The molecule has 0 fully saturated rings. The Morgan fingerprint density at radius 1 is 0.591 bits per heavy atom. The van der Waals surface area contributed by atoms with Gasteiger partial charge in [0.25, 0.3) is 0 Å². The summed E-state index contributed by atoms with van der Waals surface area (Å²) in [6.45, 7) is 7.34. The van der Waals surface area contributed by atoms with E-state index in [0.29, 0.717) is 12.8 Å². The van der Waals surface area contributed by atoms with Gasteiger partial charge in [-0.25, -0.2) is 19.2 Å². The van der Waals surface area contributed by atoms with Crippen LogP contribution in [0.5, 0.6) is 11.5 Å².